The molecule has 0 radical (unpaired) electrons. The number of epoxide rings is 1. The van der Waals surface area contributed by atoms with Gasteiger partial charge in [-0.05, 0) is 31.2 Å². The second-order valence-electron chi connectivity index (χ2n) is 4.49. The van der Waals surface area contributed by atoms with Crippen molar-refractivity contribution in [2.75, 3.05) is 6.16 Å². The summed E-state index contributed by atoms with van der Waals surface area (Å²) in [4.78, 5) is 0. The van der Waals surface area contributed by atoms with E-state index in [1.165, 1.54) is 24.3 Å². The molecular formula is C12H15OP. The van der Waals surface area contributed by atoms with Crippen molar-refractivity contribution in [3.63, 3.8) is 0 Å². The van der Waals surface area contributed by atoms with Crippen LogP contribution in [-0.4, -0.2) is 17.6 Å². The van der Waals surface area contributed by atoms with Crippen LogP contribution >= 0.6 is 7.92 Å². The molecule has 3 rings (SSSR count). The largest absolute Gasteiger partial charge is 0.361 e. The molecule has 74 valence electrons. The van der Waals surface area contributed by atoms with E-state index in [1.807, 2.05) is 0 Å². The predicted octanol–water partition coefficient (Wildman–Crippen LogP) is 3.19. The average molecular weight is 206 g/mol. The van der Waals surface area contributed by atoms with E-state index in [9.17, 15) is 0 Å². The van der Waals surface area contributed by atoms with Crippen molar-refractivity contribution < 1.29 is 4.74 Å². The molecule has 1 aromatic carbocycles. The highest BCUT2D eigenvalue weighted by Gasteiger charge is 2.60. The fraction of sp³-hybridized carbons (Fsp3) is 0.500. The molecule has 2 aliphatic rings. The van der Waals surface area contributed by atoms with Gasteiger partial charge in [-0.25, -0.2) is 0 Å². The van der Waals surface area contributed by atoms with Crippen molar-refractivity contribution >= 4 is 7.92 Å². The smallest absolute Gasteiger partial charge is 0.106 e. The van der Waals surface area contributed by atoms with E-state index in [0.717, 1.165) is 0 Å². The van der Waals surface area contributed by atoms with Crippen LogP contribution in [0.25, 0.3) is 0 Å². The molecule has 2 saturated heterocycles. The molecule has 0 N–H and O–H groups in total. The normalized spacial score (nSPS) is 39.5. The van der Waals surface area contributed by atoms with Gasteiger partial charge in [-0.15, -0.1) is 0 Å². The van der Waals surface area contributed by atoms with Gasteiger partial charge >= 0.3 is 0 Å². The summed E-state index contributed by atoms with van der Waals surface area (Å²) in [5.74, 6) is 0.623. The van der Waals surface area contributed by atoms with Crippen molar-refractivity contribution in [1.82, 2.24) is 0 Å². The fourth-order valence-electron chi connectivity index (χ4n) is 2.33. The van der Waals surface area contributed by atoms with Crippen molar-refractivity contribution in [3.05, 3.63) is 35.9 Å². The molecule has 14 heavy (non-hydrogen) atoms. The van der Waals surface area contributed by atoms with E-state index in [4.69, 9.17) is 4.74 Å². The van der Waals surface area contributed by atoms with Gasteiger partial charge in [0.15, 0.2) is 0 Å². The zero-order valence-electron chi connectivity index (χ0n) is 8.44. The van der Waals surface area contributed by atoms with E-state index in [2.05, 4.69) is 37.3 Å². The summed E-state index contributed by atoms with van der Waals surface area (Å²) in [7, 11) is 0.121. The number of ether oxygens (including phenoxy) is 1. The maximum Gasteiger partial charge on any atom is 0.106 e. The predicted molar refractivity (Wildman–Crippen MR) is 59.8 cm³/mol. The molecule has 0 amide bonds. The van der Waals surface area contributed by atoms with Gasteiger partial charge in [-0.3, -0.25) is 0 Å². The highest BCUT2D eigenvalue weighted by atomic mass is 31.1. The summed E-state index contributed by atoms with van der Waals surface area (Å²) in [5, 5.41) is 0. The molecule has 2 heteroatoms. The average Bonchev–Trinajstić information content (AvgIpc) is 2.79. The number of rotatable bonds is 2. The Kier molecular flexibility index (Phi) is 1.93. The van der Waals surface area contributed by atoms with Gasteiger partial charge in [0.25, 0.3) is 0 Å². The Morgan fingerprint density at radius 1 is 1.43 bits per heavy atom. The maximum atomic E-state index is 5.75. The van der Waals surface area contributed by atoms with Gasteiger partial charge in [0, 0.05) is 0 Å². The highest BCUT2D eigenvalue weighted by molar-refractivity contribution is 7.58. The quantitative estimate of drug-likeness (QED) is 0.534. The van der Waals surface area contributed by atoms with Crippen LogP contribution in [0.5, 0.6) is 0 Å². The van der Waals surface area contributed by atoms with Crippen LogP contribution in [0.1, 0.15) is 18.9 Å². The van der Waals surface area contributed by atoms with Crippen LogP contribution < -0.4 is 0 Å². The van der Waals surface area contributed by atoms with Crippen LogP contribution in [-0.2, 0) is 10.9 Å². The third-order valence-corrected chi connectivity index (χ3v) is 6.19. The van der Waals surface area contributed by atoms with Crippen molar-refractivity contribution in [2.24, 2.45) is 0 Å². The van der Waals surface area contributed by atoms with E-state index in [0.29, 0.717) is 11.4 Å². The molecule has 0 bridgehead atoms. The molecule has 1 nitrogen and oxygen atoms in total. The van der Waals surface area contributed by atoms with Crippen LogP contribution in [0, 0.1) is 0 Å². The number of hydrogen-bond donors (Lipinski definition) is 0. The lowest BCUT2D eigenvalue weighted by atomic mass is 10.1. The Balaban J connectivity index is 1.69. The molecule has 0 spiro atoms. The topological polar surface area (TPSA) is 12.5 Å². The summed E-state index contributed by atoms with van der Waals surface area (Å²) < 4.78 is 5.75. The summed E-state index contributed by atoms with van der Waals surface area (Å²) in [6.07, 6.45) is 3.96. The highest BCUT2D eigenvalue weighted by Crippen LogP contribution is 2.67. The SMILES string of the molecule is CC12CCP(Cc3ccccc3)C1O2. The van der Waals surface area contributed by atoms with Crippen LogP contribution in [0.4, 0.5) is 0 Å². The Hall–Kier alpha value is -0.390. The minimum absolute atomic E-state index is 0.121. The lowest BCUT2D eigenvalue weighted by Gasteiger charge is -2.10. The molecular weight excluding hydrogens is 191 g/mol. The third-order valence-electron chi connectivity index (χ3n) is 3.30. The van der Waals surface area contributed by atoms with Gasteiger partial charge in [-0.1, -0.05) is 38.3 Å². The molecule has 3 atom stereocenters. The van der Waals surface area contributed by atoms with Crippen molar-refractivity contribution in [2.45, 2.75) is 31.0 Å². The number of fused-ring (bicyclic) bond motifs is 1. The molecule has 1 aromatic rings. The number of benzene rings is 1. The van der Waals surface area contributed by atoms with Gasteiger partial charge in [0.2, 0.25) is 0 Å². The van der Waals surface area contributed by atoms with Gasteiger partial charge in [-0.2, -0.15) is 0 Å². The van der Waals surface area contributed by atoms with Crippen LogP contribution in [0.3, 0.4) is 0 Å². The summed E-state index contributed by atoms with van der Waals surface area (Å²) >= 11 is 0. The van der Waals surface area contributed by atoms with Crippen LogP contribution in [0.15, 0.2) is 30.3 Å². The molecule has 2 fully saturated rings. The Morgan fingerprint density at radius 3 is 2.79 bits per heavy atom. The molecule has 2 aliphatic heterocycles. The zero-order valence-corrected chi connectivity index (χ0v) is 9.34. The zero-order chi connectivity index (χ0) is 9.60. The lowest BCUT2D eigenvalue weighted by molar-refractivity contribution is 0.308. The van der Waals surface area contributed by atoms with Gasteiger partial charge < -0.3 is 4.74 Å². The molecule has 0 aromatic heterocycles. The second kappa shape index (κ2) is 3.05. The lowest BCUT2D eigenvalue weighted by Crippen LogP contribution is -2.00. The first kappa shape index (κ1) is 8.88. The molecule has 3 unspecified atom stereocenters. The minimum atomic E-state index is 0.121. The first-order valence-electron chi connectivity index (χ1n) is 5.24. The minimum Gasteiger partial charge on any atom is -0.361 e. The Labute approximate surface area is 86.2 Å². The monoisotopic (exact) mass is 206 g/mol. The van der Waals surface area contributed by atoms with E-state index in [1.54, 1.807) is 0 Å². The molecule has 0 aliphatic carbocycles. The first-order valence-corrected chi connectivity index (χ1v) is 7.02. The van der Waals surface area contributed by atoms with E-state index < -0.39 is 0 Å². The first-order chi connectivity index (χ1) is 6.78. The Morgan fingerprint density at radius 2 is 2.21 bits per heavy atom. The van der Waals surface area contributed by atoms with Gasteiger partial charge in [0.05, 0.1) is 5.60 Å². The third kappa shape index (κ3) is 1.39. The fourth-order valence-corrected chi connectivity index (χ4v) is 5.59. The van der Waals surface area contributed by atoms with E-state index >= 15 is 0 Å². The van der Waals surface area contributed by atoms with E-state index in [-0.39, 0.29) is 7.92 Å². The second-order valence-corrected chi connectivity index (χ2v) is 6.90. The molecule has 0 saturated carbocycles. The summed E-state index contributed by atoms with van der Waals surface area (Å²) in [6, 6.07) is 10.8. The standard InChI is InChI=1S/C12H15OP/c1-12-7-8-14(11(12)13-12)9-10-5-3-2-4-6-10/h2-6,11H,7-9H2,1H3. The van der Waals surface area contributed by atoms with Crippen molar-refractivity contribution in [3.8, 4) is 0 Å². The molecule has 2 heterocycles. The summed E-state index contributed by atoms with van der Waals surface area (Å²) in [6.45, 7) is 2.27. The number of hydrogen-bond acceptors (Lipinski definition) is 1. The van der Waals surface area contributed by atoms with Crippen LogP contribution in [0.2, 0.25) is 0 Å². The maximum absolute atomic E-state index is 5.75. The van der Waals surface area contributed by atoms with Gasteiger partial charge in [0.1, 0.15) is 5.85 Å². The summed E-state index contributed by atoms with van der Waals surface area (Å²) in [5.41, 5.74) is 1.78. The Bertz CT molecular complexity index is 337. The van der Waals surface area contributed by atoms with Crippen molar-refractivity contribution in [1.29, 1.82) is 0 Å².